The fraction of sp³-hybridized carbons (Fsp3) is 0.538. The summed E-state index contributed by atoms with van der Waals surface area (Å²) in [6.07, 6.45) is 15.0. The highest BCUT2D eigenvalue weighted by atomic mass is 32.2. The lowest BCUT2D eigenvalue weighted by Crippen LogP contribution is -2.35. The van der Waals surface area contributed by atoms with Gasteiger partial charge >= 0.3 is 0 Å². The van der Waals surface area contributed by atoms with Crippen LogP contribution in [0.2, 0.25) is 0 Å². The molecule has 2 saturated carbocycles. The average Bonchev–Trinajstić information content (AvgIpc) is 3.27. The molecule has 196 valence electrons. The number of ether oxygens (including phenoxy) is 1. The van der Waals surface area contributed by atoms with Crippen LogP contribution in [0.1, 0.15) is 51.4 Å². The van der Waals surface area contributed by atoms with Gasteiger partial charge in [-0.3, -0.25) is 4.98 Å². The molecule has 1 saturated heterocycles. The third kappa shape index (κ3) is 5.47. The zero-order valence-corrected chi connectivity index (χ0v) is 21.7. The van der Waals surface area contributed by atoms with Crippen LogP contribution in [-0.2, 0) is 11.0 Å². The quantitative estimate of drug-likeness (QED) is 0.438. The molecule has 1 spiro atoms. The van der Waals surface area contributed by atoms with Crippen LogP contribution < -0.4 is 14.4 Å². The van der Waals surface area contributed by atoms with E-state index in [1.165, 1.54) is 38.5 Å². The van der Waals surface area contributed by atoms with E-state index in [-0.39, 0.29) is 18.5 Å². The maximum atomic E-state index is 12.2. The number of hydrogen-bond acceptors (Lipinski definition) is 8. The molecule has 3 heterocycles. The van der Waals surface area contributed by atoms with Crippen molar-refractivity contribution in [3.63, 3.8) is 0 Å². The Morgan fingerprint density at radius 3 is 2.65 bits per heavy atom. The van der Waals surface area contributed by atoms with Gasteiger partial charge in [-0.2, -0.15) is 0 Å². The number of aromatic nitrogens is 5. The minimum absolute atomic E-state index is 0.129. The number of anilines is 2. The molecule has 1 aliphatic heterocycles. The van der Waals surface area contributed by atoms with Crippen molar-refractivity contribution in [2.45, 2.75) is 57.5 Å². The summed E-state index contributed by atoms with van der Waals surface area (Å²) in [6.45, 7) is 1.82. The first kappa shape index (κ1) is 24.3. The summed E-state index contributed by atoms with van der Waals surface area (Å²) in [5.74, 6) is 0.702. The Morgan fingerprint density at radius 1 is 1.08 bits per heavy atom. The third-order valence-corrected chi connectivity index (χ3v) is 8.83. The summed E-state index contributed by atoms with van der Waals surface area (Å²) in [7, 11) is -1.34. The lowest BCUT2D eigenvalue weighted by molar-refractivity contribution is 0.201. The average molecular weight is 524 g/mol. The molecule has 0 amide bonds. The summed E-state index contributed by atoms with van der Waals surface area (Å²) < 4.78 is 23.0. The van der Waals surface area contributed by atoms with Gasteiger partial charge in [0.2, 0.25) is 5.88 Å². The molecule has 3 aromatic rings. The summed E-state index contributed by atoms with van der Waals surface area (Å²) >= 11 is 0. The van der Waals surface area contributed by atoms with Gasteiger partial charge < -0.3 is 19.5 Å². The van der Waals surface area contributed by atoms with Crippen LogP contribution in [0.4, 0.5) is 11.4 Å². The Morgan fingerprint density at radius 2 is 1.89 bits per heavy atom. The van der Waals surface area contributed by atoms with Crippen molar-refractivity contribution in [2.75, 3.05) is 35.1 Å². The highest BCUT2D eigenvalue weighted by molar-refractivity contribution is 7.86. The first-order valence-corrected chi connectivity index (χ1v) is 14.5. The molecule has 2 N–H and O–H groups in total. The van der Waals surface area contributed by atoms with E-state index in [2.05, 4.69) is 29.9 Å². The molecular formula is C26H33N7O3S. The predicted octanol–water partition coefficient (Wildman–Crippen LogP) is 3.49. The zero-order chi connectivity index (χ0) is 25.2. The monoisotopic (exact) mass is 523 g/mol. The van der Waals surface area contributed by atoms with Crippen LogP contribution in [0.5, 0.6) is 5.88 Å². The van der Waals surface area contributed by atoms with Gasteiger partial charge in [-0.25, -0.2) is 13.9 Å². The second-order valence-corrected chi connectivity index (χ2v) is 11.7. The van der Waals surface area contributed by atoms with E-state index in [4.69, 9.17) is 9.84 Å². The van der Waals surface area contributed by atoms with Crippen molar-refractivity contribution in [3.05, 3.63) is 36.8 Å². The largest absolute Gasteiger partial charge is 0.473 e. The number of hydrogen-bond donors (Lipinski definition) is 2. The van der Waals surface area contributed by atoms with Gasteiger partial charge in [0.05, 0.1) is 42.3 Å². The molecule has 11 heteroatoms. The van der Waals surface area contributed by atoms with E-state index in [0.717, 1.165) is 43.0 Å². The van der Waals surface area contributed by atoms with Crippen molar-refractivity contribution in [3.8, 4) is 23.0 Å². The summed E-state index contributed by atoms with van der Waals surface area (Å²) in [6, 6.07) is 5.88. The lowest BCUT2D eigenvalue weighted by Gasteiger charge is -2.35. The molecular weight excluding hydrogens is 490 g/mol. The molecule has 0 radical (unpaired) electrons. The molecule has 10 nitrogen and oxygen atoms in total. The fourth-order valence-corrected chi connectivity index (χ4v) is 6.06. The van der Waals surface area contributed by atoms with Crippen LogP contribution in [0, 0.1) is 5.41 Å². The highest BCUT2D eigenvalue weighted by Gasteiger charge is 2.44. The normalized spacial score (nSPS) is 19.8. The third-order valence-electron chi connectivity index (χ3n) is 7.81. The SMILES string of the molecule is O=S(CCO)Nc1ccc(-n2cc(-c3cncc(OC4CCCC4)n3)nn2)c(N2CCC3(CC2)CC3)c1. The van der Waals surface area contributed by atoms with E-state index in [0.29, 0.717) is 22.7 Å². The second kappa shape index (κ2) is 10.4. The van der Waals surface area contributed by atoms with Gasteiger partial charge in [0.1, 0.15) is 28.5 Å². The van der Waals surface area contributed by atoms with Crippen LogP contribution in [0.25, 0.3) is 17.1 Å². The smallest absolute Gasteiger partial charge is 0.233 e. The number of nitrogens with one attached hydrogen (secondary N) is 1. The number of aliphatic hydroxyl groups is 1. The van der Waals surface area contributed by atoms with Gasteiger partial charge in [0, 0.05) is 18.8 Å². The van der Waals surface area contributed by atoms with Gasteiger partial charge in [-0.05, 0) is 75.0 Å². The number of piperidine rings is 1. The predicted molar refractivity (Wildman–Crippen MR) is 142 cm³/mol. The molecule has 1 atom stereocenters. The van der Waals surface area contributed by atoms with Crippen LogP contribution in [-0.4, -0.2) is 65.8 Å². The maximum absolute atomic E-state index is 12.2. The van der Waals surface area contributed by atoms with Gasteiger partial charge in [-0.1, -0.05) is 5.21 Å². The van der Waals surface area contributed by atoms with E-state index in [9.17, 15) is 4.21 Å². The van der Waals surface area contributed by atoms with Crippen molar-refractivity contribution >= 4 is 22.4 Å². The van der Waals surface area contributed by atoms with Gasteiger partial charge in [0.15, 0.2) is 0 Å². The summed E-state index contributed by atoms with van der Waals surface area (Å²) in [5.41, 5.74) is 4.46. The molecule has 3 aliphatic rings. The number of benzene rings is 1. The Balaban J connectivity index is 1.27. The van der Waals surface area contributed by atoms with Gasteiger partial charge in [-0.15, -0.1) is 5.10 Å². The molecule has 1 unspecified atom stereocenters. The highest BCUT2D eigenvalue weighted by Crippen LogP contribution is 2.54. The molecule has 2 aliphatic carbocycles. The Bertz CT molecular complexity index is 1260. The second-order valence-electron chi connectivity index (χ2n) is 10.4. The molecule has 2 aromatic heterocycles. The molecule has 0 bridgehead atoms. The molecule has 3 fully saturated rings. The molecule has 1 aromatic carbocycles. The first-order chi connectivity index (χ1) is 18.1. The Kier molecular flexibility index (Phi) is 6.81. The van der Waals surface area contributed by atoms with Crippen molar-refractivity contribution in [1.29, 1.82) is 0 Å². The summed E-state index contributed by atoms with van der Waals surface area (Å²) in [5, 5.41) is 18.0. The van der Waals surface area contributed by atoms with Crippen LogP contribution in [0.3, 0.4) is 0 Å². The van der Waals surface area contributed by atoms with Crippen molar-refractivity contribution in [1.82, 2.24) is 25.0 Å². The minimum Gasteiger partial charge on any atom is -0.473 e. The Labute approximate surface area is 219 Å². The van der Waals surface area contributed by atoms with E-state index in [1.807, 2.05) is 24.4 Å². The summed E-state index contributed by atoms with van der Waals surface area (Å²) in [4.78, 5) is 11.3. The maximum Gasteiger partial charge on any atom is 0.233 e. The van der Waals surface area contributed by atoms with E-state index < -0.39 is 11.0 Å². The minimum atomic E-state index is -1.34. The fourth-order valence-electron chi connectivity index (χ4n) is 5.40. The Hall–Kier alpha value is -3.05. The molecule has 6 rings (SSSR count). The number of rotatable bonds is 9. The van der Waals surface area contributed by atoms with Crippen LogP contribution >= 0.6 is 0 Å². The number of aliphatic hydroxyl groups excluding tert-OH is 1. The first-order valence-electron chi connectivity index (χ1n) is 13.2. The van der Waals surface area contributed by atoms with E-state index in [1.54, 1.807) is 17.1 Å². The van der Waals surface area contributed by atoms with Crippen LogP contribution in [0.15, 0.2) is 36.8 Å². The van der Waals surface area contributed by atoms with Crippen molar-refractivity contribution < 1.29 is 14.1 Å². The lowest BCUT2D eigenvalue weighted by atomic mass is 9.93. The number of nitrogens with zero attached hydrogens (tertiary/aromatic N) is 6. The van der Waals surface area contributed by atoms with Crippen molar-refractivity contribution in [2.24, 2.45) is 5.41 Å². The topological polar surface area (TPSA) is 118 Å². The molecule has 37 heavy (non-hydrogen) atoms. The standard InChI is InChI=1S/C26H33N7O3S/c34-13-14-37(35)30-19-5-6-23(24(15-19)32-11-9-26(7-8-26)10-12-32)33-18-22(29-31-33)21-16-27-17-25(28-21)36-20-3-1-2-4-20/h5-6,15-18,20,30,34H,1-4,7-14H2. The van der Waals surface area contributed by atoms with Gasteiger partial charge in [0.25, 0.3) is 0 Å². The van der Waals surface area contributed by atoms with E-state index >= 15 is 0 Å². The zero-order valence-electron chi connectivity index (χ0n) is 20.9.